The van der Waals surface area contributed by atoms with Crippen LogP contribution in [0.4, 0.5) is 10.5 Å². The molecule has 16 nitrogen and oxygen atoms in total. The Bertz CT molecular complexity index is 1690. The van der Waals surface area contributed by atoms with E-state index in [1.165, 1.54) is 28.7 Å². The smallest absolute Gasteiger partial charge is 0.328 e. The molecule has 0 bridgehead atoms. The van der Waals surface area contributed by atoms with Gasteiger partial charge in [0, 0.05) is 38.9 Å². The summed E-state index contributed by atoms with van der Waals surface area (Å²) in [7, 11) is 1.40. The molecule has 2 aromatic carbocycles. The molecule has 7 amide bonds. The zero-order chi connectivity index (χ0) is 38.9. The van der Waals surface area contributed by atoms with Crippen molar-refractivity contribution < 1.29 is 43.4 Å². The number of fused-ring (bicyclic) bond motifs is 2. The first-order chi connectivity index (χ1) is 25.9. The molecular formula is C38H49N7O9. The number of amides is 7. The maximum Gasteiger partial charge on any atom is 0.328 e. The summed E-state index contributed by atoms with van der Waals surface area (Å²) in [5, 5.41) is 20.5. The number of ether oxygens (including phenoxy) is 1. The van der Waals surface area contributed by atoms with Crippen LogP contribution < -0.4 is 21.3 Å². The molecule has 54 heavy (non-hydrogen) atoms. The van der Waals surface area contributed by atoms with E-state index in [1.54, 1.807) is 54.6 Å². The van der Waals surface area contributed by atoms with Crippen molar-refractivity contribution in [1.82, 2.24) is 30.7 Å². The van der Waals surface area contributed by atoms with Crippen LogP contribution in [0.15, 0.2) is 60.7 Å². The van der Waals surface area contributed by atoms with Crippen LogP contribution in [0.2, 0.25) is 0 Å². The SMILES string of the molecule is C[C@@H]1C[C@H]2C(=O)OC[C@H](NC(=O)[C@H](Cc3ccccc3)NC(=O)Nc3ccccc3)C(=O)N3CCC[C@H]3C(=O)N(C)[C@@H](CCO)C(=O)N[C@@H](C)C(=O)N2C1. The van der Waals surface area contributed by atoms with E-state index < -0.39 is 91.0 Å². The molecule has 0 aromatic heterocycles. The van der Waals surface area contributed by atoms with Crippen LogP contribution in [0, 0.1) is 5.92 Å². The number of esters is 1. The van der Waals surface area contributed by atoms with Crippen molar-refractivity contribution in [2.75, 3.05) is 38.7 Å². The summed E-state index contributed by atoms with van der Waals surface area (Å²) < 4.78 is 5.69. The van der Waals surface area contributed by atoms with Crippen molar-refractivity contribution in [3.05, 3.63) is 66.2 Å². The molecule has 3 aliphatic rings. The number of rotatable bonds is 8. The lowest BCUT2D eigenvalue weighted by Crippen LogP contribution is -2.61. The number of carbonyl (C=O) groups is 7. The molecule has 3 saturated heterocycles. The Hall–Kier alpha value is -5.51. The molecule has 3 aliphatic heterocycles. The average molecular weight is 748 g/mol. The fraction of sp³-hybridized carbons (Fsp3) is 0.500. The van der Waals surface area contributed by atoms with Crippen LogP contribution in [0.5, 0.6) is 0 Å². The Morgan fingerprint density at radius 3 is 2.30 bits per heavy atom. The van der Waals surface area contributed by atoms with Crippen molar-refractivity contribution >= 4 is 47.2 Å². The third-order valence-corrected chi connectivity index (χ3v) is 10.1. The lowest BCUT2D eigenvalue weighted by atomic mass is 10.0. The lowest BCUT2D eigenvalue weighted by Gasteiger charge is -2.35. The number of aliphatic hydroxyl groups is 1. The normalized spacial score (nSPS) is 26.0. The van der Waals surface area contributed by atoms with Crippen molar-refractivity contribution in [3.8, 4) is 0 Å². The minimum Gasteiger partial charge on any atom is -0.461 e. The molecule has 3 fully saturated rings. The second-order valence-electron chi connectivity index (χ2n) is 14.1. The highest BCUT2D eigenvalue weighted by molar-refractivity contribution is 5.98. The molecule has 2 aromatic rings. The first-order valence-corrected chi connectivity index (χ1v) is 18.3. The minimum absolute atomic E-state index is 0.0503. The van der Waals surface area contributed by atoms with Crippen LogP contribution in [-0.4, -0.2) is 131 Å². The summed E-state index contributed by atoms with van der Waals surface area (Å²) in [6.45, 7) is 2.66. The Balaban J connectivity index is 1.46. The van der Waals surface area contributed by atoms with E-state index in [1.807, 2.05) is 13.0 Å². The number of cyclic esters (lactones) is 1. The predicted octanol–water partition coefficient (Wildman–Crippen LogP) is 0.403. The maximum atomic E-state index is 14.4. The molecule has 0 radical (unpaired) electrons. The number of benzene rings is 2. The molecule has 0 unspecified atom stereocenters. The monoisotopic (exact) mass is 747 g/mol. The van der Waals surface area contributed by atoms with Gasteiger partial charge in [-0.25, -0.2) is 9.59 Å². The first kappa shape index (κ1) is 39.7. The Morgan fingerprint density at radius 2 is 1.61 bits per heavy atom. The summed E-state index contributed by atoms with van der Waals surface area (Å²) >= 11 is 0. The Kier molecular flexibility index (Phi) is 13.2. The van der Waals surface area contributed by atoms with Gasteiger partial charge in [0.15, 0.2) is 0 Å². The molecule has 0 spiro atoms. The van der Waals surface area contributed by atoms with Gasteiger partial charge in [0.25, 0.3) is 0 Å². The highest BCUT2D eigenvalue weighted by atomic mass is 16.5. The number of hydrogen-bond donors (Lipinski definition) is 5. The van der Waals surface area contributed by atoms with Crippen LogP contribution in [0.25, 0.3) is 0 Å². The lowest BCUT2D eigenvalue weighted by molar-refractivity contribution is -0.158. The second-order valence-corrected chi connectivity index (χ2v) is 14.1. The number of nitrogens with one attached hydrogen (secondary N) is 4. The van der Waals surface area contributed by atoms with E-state index in [-0.39, 0.29) is 44.7 Å². The van der Waals surface area contributed by atoms with Gasteiger partial charge in [0.05, 0.1) is 0 Å². The highest BCUT2D eigenvalue weighted by Crippen LogP contribution is 2.26. The predicted molar refractivity (Wildman–Crippen MR) is 195 cm³/mol. The summed E-state index contributed by atoms with van der Waals surface area (Å²) in [5.41, 5.74) is 1.21. The van der Waals surface area contributed by atoms with Crippen molar-refractivity contribution in [3.63, 3.8) is 0 Å². The molecule has 3 heterocycles. The van der Waals surface area contributed by atoms with Crippen molar-refractivity contribution in [2.24, 2.45) is 5.92 Å². The van der Waals surface area contributed by atoms with Crippen LogP contribution >= 0.6 is 0 Å². The molecule has 5 N–H and O–H groups in total. The van der Waals surface area contributed by atoms with E-state index in [4.69, 9.17) is 4.74 Å². The highest BCUT2D eigenvalue weighted by Gasteiger charge is 2.45. The van der Waals surface area contributed by atoms with E-state index in [0.29, 0.717) is 12.1 Å². The van der Waals surface area contributed by atoms with E-state index >= 15 is 0 Å². The zero-order valence-corrected chi connectivity index (χ0v) is 30.7. The molecule has 16 heteroatoms. The zero-order valence-electron chi connectivity index (χ0n) is 30.7. The molecule has 290 valence electrons. The van der Waals surface area contributed by atoms with Gasteiger partial charge in [-0.3, -0.25) is 24.0 Å². The minimum atomic E-state index is -1.48. The van der Waals surface area contributed by atoms with Crippen LogP contribution in [0.3, 0.4) is 0 Å². The quantitative estimate of drug-likeness (QED) is 0.237. The fourth-order valence-electron chi connectivity index (χ4n) is 7.25. The van der Waals surface area contributed by atoms with Gasteiger partial charge in [-0.15, -0.1) is 0 Å². The van der Waals surface area contributed by atoms with E-state index in [2.05, 4.69) is 21.3 Å². The number of anilines is 1. The van der Waals surface area contributed by atoms with Gasteiger partial charge in [0.1, 0.15) is 42.9 Å². The molecule has 0 aliphatic carbocycles. The fourth-order valence-corrected chi connectivity index (χ4v) is 7.25. The van der Waals surface area contributed by atoms with Crippen LogP contribution in [0.1, 0.15) is 45.1 Å². The topological polar surface area (TPSA) is 207 Å². The van der Waals surface area contributed by atoms with Crippen molar-refractivity contribution in [1.29, 1.82) is 0 Å². The summed E-state index contributed by atoms with van der Waals surface area (Å²) in [6.07, 6.45) is 0.886. The standard InChI is InChI=1S/C38H49N7O9/c1-23-19-31-37(52)54-22-28(41-32(47)27(20-25-11-6-4-7-12-25)42-38(53)40-26-13-8-5-9-14-26)35(50)44-17-10-15-30(44)36(51)43(3)29(16-18-46)33(48)39-24(2)34(49)45(31)21-23/h4-9,11-14,23-24,27-31,46H,10,15-22H2,1-3H3,(H,39,48)(H,41,47)(H2,40,42,53)/t23-,24+,27+,28+,29+,30+,31+/m1/s1. The van der Waals surface area contributed by atoms with Crippen LogP contribution in [-0.2, 0) is 39.9 Å². The summed E-state index contributed by atoms with van der Waals surface area (Å²) in [6, 6.07) is 9.97. The molecule has 5 rings (SSSR count). The van der Waals surface area contributed by atoms with Gasteiger partial charge in [-0.2, -0.15) is 0 Å². The van der Waals surface area contributed by atoms with E-state index in [9.17, 15) is 38.7 Å². The van der Waals surface area contributed by atoms with Gasteiger partial charge >= 0.3 is 12.0 Å². The first-order valence-electron chi connectivity index (χ1n) is 18.3. The number of hydrogen-bond acceptors (Lipinski definition) is 9. The molecular weight excluding hydrogens is 698 g/mol. The number of likely N-dealkylation sites (N-methyl/N-ethyl adjacent to an activating group) is 1. The average Bonchev–Trinajstić information content (AvgIpc) is 3.81. The summed E-state index contributed by atoms with van der Waals surface area (Å²) in [4.78, 5) is 100. The number of urea groups is 1. The van der Waals surface area contributed by atoms with Gasteiger partial charge < -0.3 is 45.8 Å². The largest absolute Gasteiger partial charge is 0.461 e. The number of para-hydroxylation sites is 1. The van der Waals surface area contributed by atoms with E-state index in [0.717, 1.165) is 5.56 Å². The van der Waals surface area contributed by atoms with Gasteiger partial charge in [-0.05, 0) is 56.2 Å². The molecule has 0 saturated carbocycles. The number of nitrogens with zero attached hydrogens (tertiary/aromatic N) is 3. The number of carbonyl (C=O) groups excluding carboxylic acids is 7. The van der Waals surface area contributed by atoms with Gasteiger partial charge in [0.2, 0.25) is 29.5 Å². The Morgan fingerprint density at radius 1 is 0.926 bits per heavy atom. The van der Waals surface area contributed by atoms with Gasteiger partial charge in [-0.1, -0.05) is 55.5 Å². The Labute approximate surface area is 313 Å². The number of aliphatic hydroxyl groups excluding tert-OH is 1. The maximum absolute atomic E-state index is 14.4. The second kappa shape index (κ2) is 18.0. The third kappa shape index (κ3) is 9.53. The summed E-state index contributed by atoms with van der Waals surface area (Å²) in [5.74, 6) is -4.11. The third-order valence-electron chi connectivity index (χ3n) is 10.1. The molecule has 7 atom stereocenters. The van der Waals surface area contributed by atoms with Crippen molar-refractivity contribution in [2.45, 2.75) is 82.2 Å².